The van der Waals surface area contributed by atoms with Crippen molar-refractivity contribution in [2.75, 3.05) is 12.4 Å². The molecule has 2 heterocycles. The van der Waals surface area contributed by atoms with Crippen LogP contribution in [-0.2, 0) is 6.54 Å². The Kier molecular flexibility index (Phi) is 4.86. The van der Waals surface area contributed by atoms with Crippen molar-refractivity contribution in [3.63, 3.8) is 0 Å². The average Bonchev–Trinajstić information content (AvgIpc) is 3.21. The van der Waals surface area contributed by atoms with Gasteiger partial charge in [0.25, 0.3) is 11.8 Å². The lowest BCUT2D eigenvalue weighted by Gasteiger charge is -2.12. The maximum absolute atomic E-state index is 12.8. The summed E-state index contributed by atoms with van der Waals surface area (Å²) in [6.45, 7) is 0.558. The van der Waals surface area contributed by atoms with Crippen molar-refractivity contribution in [1.82, 2.24) is 25.0 Å². The van der Waals surface area contributed by atoms with E-state index in [4.69, 9.17) is 16.3 Å². The highest BCUT2D eigenvalue weighted by atomic mass is 35.5. The van der Waals surface area contributed by atoms with E-state index >= 15 is 0 Å². The molecule has 2 aromatic heterocycles. The standard InChI is InChI=1S/C19H15ClN6O2/c1-28-19-17(20)23-16(10-21-19)24-18(27)15-7-6-12(11-26-9-8-22-25-26)13-4-2-3-5-14(13)15/h2-10H,11H2,1H3,(H,23,24,27). The highest BCUT2D eigenvalue weighted by Crippen LogP contribution is 2.25. The van der Waals surface area contributed by atoms with Gasteiger partial charge in [-0.05, 0) is 22.4 Å². The summed E-state index contributed by atoms with van der Waals surface area (Å²) in [5.74, 6) is 0.133. The van der Waals surface area contributed by atoms with E-state index in [1.165, 1.54) is 13.3 Å². The van der Waals surface area contributed by atoms with Gasteiger partial charge in [-0.3, -0.25) is 4.79 Å². The molecule has 0 aliphatic rings. The maximum Gasteiger partial charge on any atom is 0.257 e. The van der Waals surface area contributed by atoms with Crippen LogP contribution in [0.25, 0.3) is 10.8 Å². The van der Waals surface area contributed by atoms with Crippen molar-refractivity contribution >= 4 is 34.1 Å². The summed E-state index contributed by atoms with van der Waals surface area (Å²) in [4.78, 5) is 20.9. The second-order valence-corrected chi connectivity index (χ2v) is 6.29. The molecule has 28 heavy (non-hydrogen) atoms. The largest absolute Gasteiger partial charge is 0.479 e. The molecule has 1 amide bonds. The molecule has 2 aromatic carbocycles. The van der Waals surface area contributed by atoms with Crippen molar-refractivity contribution in [2.45, 2.75) is 6.54 Å². The first-order chi connectivity index (χ1) is 13.7. The Hall–Kier alpha value is -3.52. The number of hydrogen-bond donors (Lipinski definition) is 1. The van der Waals surface area contributed by atoms with E-state index in [1.54, 1.807) is 23.1 Å². The summed E-state index contributed by atoms with van der Waals surface area (Å²) in [6, 6.07) is 11.4. The zero-order valence-electron chi connectivity index (χ0n) is 14.8. The lowest BCUT2D eigenvalue weighted by Crippen LogP contribution is -2.14. The molecule has 0 unspecified atom stereocenters. The number of nitrogens with zero attached hydrogens (tertiary/aromatic N) is 5. The highest BCUT2D eigenvalue weighted by molar-refractivity contribution is 6.30. The number of hydrogen-bond acceptors (Lipinski definition) is 6. The number of ether oxygens (including phenoxy) is 1. The minimum atomic E-state index is -0.306. The zero-order valence-corrected chi connectivity index (χ0v) is 15.6. The van der Waals surface area contributed by atoms with Gasteiger partial charge in [-0.1, -0.05) is 47.1 Å². The maximum atomic E-state index is 12.8. The van der Waals surface area contributed by atoms with E-state index in [0.717, 1.165) is 16.3 Å². The first-order valence-corrected chi connectivity index (χ1v) is 8.76. The summed E-state index contributed by atoms with van der Waals surface area (Å²) in [6.07, 6.45) is 4.82. The van der Waals surface area contributed by atoms with E-state index in [9.17, 15) is 4.79 Å². The number of anilines is 1. The van der Waals surface area contributed by atoms with Crippen molar-refractivity contribution in [3.05, 3.63) is 71.3 Å². The van der Waals surface area contributed by atoms with Crippen molar-refractivity contribution in [1.29, 1.82) is 0 Å². The Morgan fingerprint density at radius 3 is 2.75 bits per heavy atom. The predicted molar refractivity (Wildman–Crippen MR) is 105 cm³/mol. The van der Waals surface area contributed by atoms with Crippen LogP contribution < -0.4 is 10.1 Å². The zero-order chi connectivity index (χ0) is 19.5. The number of rotatable bonds is 5. The lowest BCUT2D eigenvalue weighted by molar-refractivity contribution is 0.102. The Labute approximate surface area is 165 Å². The molecule has 0 saturated carbocycles. The topological polar surface area (TPSA) is 94.8 Å². The molecule has 0 saturated heterocycles. The molecule has 4 rings (SSSR count). The average molecular weight is 395 g/mol. The summed E-state index contributed by atoms with van der Waals surface area (Å²) >= 11 is 5.98. The fourth-order valence-electron chi connectivity index (χ4n) is 2.93. The van der Waals surface area contributed by atoms with Crippen LogP contribution >= 0.6 is 11.6 Å². The van der Waals surface area contributed by atoms with Gasteiger partial charge in [0.1, 0.15) is 0 Å². The fourth-order valence-corrected chi connectivity index (χ4v) is 3.14. The molecule has 0 spiro atoms. The van der Waals surface area contributed by atoms with Gasteiger partial charge in [-0.2, -0.15) is 0 Å². The van der Waals surface area contributed by atoms with E-state index in [0.29, 0.717) is 12.1 Å². The molecule has 1 N–H and O–H groups in total. The third-order valence-electron chi connectivity index (χ3n) is 4.20. The SMILES string of the molecule is COc1ncc(NC(=O)c2ccc(Cn3ccnn3)c3ccccc23)nc1Cl. The van der Waals surface area contributed by atoms with Crippen molar-refractivity contribution < 1.29 is 9.53 Å². The second-order valence-electron chi connectivity index (χ2n) is 5.93. The Morgan fingerprint density at radius 2 is 2.04 bits per heavy atom. The van der Waals surface area contributed by atoms with Crippen LogP contribution in [0.5, 0.6) is 5.88 Å². The number of benzene rings is 2. The van der Waals surface area contributed by atoms with Crippen LogP contribution in [0.4, 0.5) is 5.82 Å². The first-order valence-electron chi connectivity index (χ1n) is 8.38. The monoisotopic (exact) mass is 394 g/mol. The number of aromatic nitrogens is 5. The molecular formula is C19H15ClN6O2. The third kappa shape index (κ3) is 3.49. The molecule has 9 heteroatoms. The van der Waals surface area contributed by atoms with Crippen LogP contribution in [0.3, 0.4) is 0 Å². The molecular weight excluding hydrogens is 380 g/mol. The molecule has 0 atom stereocenters. The minimum Gasteiger partial charge on any atom is -0.479 e. The smallest absolute Gasteiger partial charge is 0.257 e. The van der Waals surface area contributed by atoms with Gasteiger partial charge in [0, 0.05) is 11.8 Å². The number of amides is 1. The highest BCUT2D eigenvalue weighted by Gasteiger charge is 2.15. The van der Waals surface area contributed by atoms with Gasteiger partial charge in [0.2, 0.25) is 0 Å². The van der Waals surface area contributed by atoms with E-state index in [1.807, 2.05) is 30.3 Å². The number of halogens is 1. The van der Waals surface area contributed by atoms with E-state index < -0.39 is 0 Å². The molecule has 0 radical (unpaired) electrons. The molecule has 4 aromatic rings. The van der Waals surface area contributed by atoms with Crippen molar-refractivity contribution in [2.24, 2.45) is 0 Å². The second kappa shape index (κ2) is 7.61. The van der Waals surface area contributed by atoms with Crippen LogP contribution in [0.2, 0.25) is 5.15 Å². The summed E-state index contributed by atoms with van der Waals surface area (Å²) < 4.78 is 6.71. The Bertz CT molecular complexity index is 1150. The molecule has 8 nitrogen and oxygen atoms in total. The minimum absolute atomic E-state index is 0.0772. The molecule has 0 fully saturated rings. The molecule has 0 bridgehead atoms. The summed E-state index contributed by atoms with van der Waals surface area (Å²) in [5.41, 5.74) is 1.55. The number of carbonyl (C=O) groups is 1. The van der Waals surface area contributed by atoms with Crippen molar-refractivity contribution in [3.8, 4) is 5.88 Å². The molecule has 140 valence electrons. The number of fused-ring (bicyclic) bond motifs is 1. The van der Waals surface area contributed by atoms with Gasteiger partial charge in [-0.25, -0.2) is 14.6 Å². The van der Waals surface area contributed by atoms with E-state index in [2.05, 4.69) is 25.6 Å². The van der Waals surface area contributed by atoms with E-state index in [-0.39, 0.29) is 22.8 Å². The number of carbonyl (C=O) groups excluding carboxylic acids is 1. The van der Waals surface area contributed by atoms with Crippen LogP contribution in [-0.4, -0.2) is 38.0 Å². The predicted octanol–water partition coefficient (Wildman–Crippen LogP) is 3.18. The summed E-state index contributed by atoms with van der Waals surface area (Å²) in [5, 5.41) is 12.4. The molecule has 0 aliphatic heterocycles. The van der Waals surface area contributed by atoms with Gasteiger partial charge >= 0.3 is 0 Å². The lowest BCUT2D eigenvalue weighted by atomic mass is 9.99. The molecule has 0 aliphatic carbocycles. The Balaban J connectivity index is 1.67. The number of methoxy groups -OCH3 is 1. The van der Waals surface area contributed by atoms with Gasteiger partial charge in [0.15, 0.2) is 11.0 Å². The van der Waals surface area contributed by atoms with Crippen LogP contribution in [0, 0.1) is 0 Å². The van der Waals surface area contributed by atoms with Crippen LogP contribution in [0.1, 0.15) is 15.9 Å². The Morgan fingerprint density at radius 1 is 1.21 bits per heavy atom. The van der Waals surface area contributed by atoms with Gasteiger partial charge in [0.05, 0.1) is 26.0 Å². The van der Waals surface area contributed by atoms with Gasteiger partial charge < -0.3 is 10.1 Å². The normalized spacial score (nSPS) is 10.8. The van der Waals surface area contributed by atoms with Gasteiger partial charge in [-0.15, -0.1) is 5.10 Å². The fraction of sp³-hybridized carbons (Fsp3) is 0.105. The first kappa shape index (κ1) is 17.9. The quantitative estimate of drug-likeness (QED) is 0.558. The summed E-state index contributed by atoms with van der Waals surface area (Å²) in [7, 11) is 1.45. The van der Waals surface area contributed by atoms with Crippen LogP contribution in [0.15, 0.2) is 55.0 Å². The third-order valence-corrected chi connectivity index (χ3v) is 4.44. The number of nitrogens with one attached hydrogen (secondary N) is 1.